The number of hydrogen-bond donors (Lipinski definition) is 12. The quantitative estimate of drug-likeness (QED) is 0.0685. The maximum atomic E-state index is 13.2. The maximum Gasteiger partial charge on any atom is 0.338 e. The van der Waals surface area contributed by atoms with Gasteiger partial charge in [0, 0.05) is 20.6 Å². The fourth-order valence-electron chi connectivity index (χ4n) is 15.1. The van der Waals surface area contributed by atoms with Crippen LogP contribution in [0, 0.1) is 22.7 Å². The third kappa shape index (κ3) is 10.1. The van der Waals surface area contributed by atoms with Crippen LogP contribution >= 0.6 is 0 Å². The van der Waals surface area contributed by atoms with E-state index in [1.165, 1.54) is 14.2 Å². The smallest absolute Gasteiger partial charge is 0.338 e. The molecule has 4 heterocycles. The van der Waals surface area contributed by atoms with Gasteiger partial charge in [-0.25, -0.2) is 4.79 Å². The summed E-state index contributed by atoms with van der Waals surface area (Å²) in [6.45, 7) is 7.41. The molecule has 0 amide bonds. The van der Waals surface area contributed by atoms with E-state index in [1.54, 1.807) is 58.0 Å². The molecule has 1 aromatic rings. The summed E-state index contributed by atoms with van der Waals surface area (Å²) in [5, 5.41) is 135. The Kier molecular flexibility index (Phi) is 17.9. The largest absolute Gasteiger partial charge is 0.456 e. The minimum atomic E-state index is -1.90. The Labute approximate surface area is 453 Å². The summed E-state index contributed by atoms with van der Waals surface area (Å²) < 4.78 is 66.1. The summed E-state index contributed by atoms with van der Waals surface area (Å²) in [6.07, 6.45) is -24.9. The zero-order valence-corrected chi connectivity index (χ0v) is 45.3. The molecule has 4 saturated carbocycles. The molecule has 8 fully saturated rings. The number of aliphatic hydroxyl groups is 12. The van der Waals surface area contributed by atoms with Crippen LogP contribution in [-0.2, 0) is 52.1 Å². The number of hydrogen-bond acceptors (Lipinski definition) is 24. The van der Waals surface area contributed by atoms with Crippen molar-refractivity contribution in [2.24, 2.45) is 22.7 Å². The van der Waals surface area contributed by atoms with E-state index in [1.807, 2.05) is 0 Å². The number of aliphatic hydroxyl groups excluding tert-OH is 9. The first-order valence-electron chi connectivity index (χ1n) is 27.6. The van der Waals surface area contributed by atoms with E-state index in [0.29, 0.717) is 31.2 Å². The fraction of sp³-hybridized carbons (Fsp3) is 0.870. The van der Waals surface area contributed by atoms with Gasteiger partial charge in [-0.2, -0.15) is 0 Å². The van der Waals surface area contributed by atoms with E-state index < -0.39 is 182 Å². The lowest BCUT2D eigenvalue weighted by Crippen LogP contribution is -2.79. The van der Waals surface area contributed by atoms with Crippen molar-refractivity contribution in [1.29, 1.82) is 0 Å². The van der Waals surface area contributed by atoms with Gasteiger partial charge < -0.3 is 113 Å². The highest BCUT2D eigenvalue weighted by Crippen LogP contribution is 2.72. The molecule has 4 aliphatic heterocycles. The van der Waals surface area contributed by atoms with Crippen LogP contribution in [0.5, 0.6) is 0 Å². The molecule has 12 N–H and O–H groups in total. The van der Waals surface area contributed by atoms with Crippen LogP contribution < -0.4 is 0 Å². The number of methoxy groups -OCH3 is 2. The van der Waals surface area contributed by atoms with E-state index in [4.69, 9.17) is 52.1 Å². The lowest BCUT2D eigenvalue weighted by Gasteiger charge is -2.69. The molecule has 9 rings (SSSR count). The van der Waals surface area contributed by atoms with E-state index in [9.17, 15) is 66.1 Å². The number of rotatable bonds is 15. The predicted octanol–water partition coefficient (Wildman–Crippen LogP) is -1.74. The Balaban J connectivity index is 0.792. The lowest BCUT2D eigenvalue weighted by molar-refractivity contribution is -0.374. The molecule has 78 heavy (non-hydrogen) atoms. The minimum Gasteiger partial charge on any atom is -0.456 e. The number of carbonyl (C=O) groups is 1. The van der Waals surface area contributed by atoms with Gasteiger partial charge in [-0.05, 0) is 102 Å². The zero-order chi connectivity index (χ0) is 56.6. The van der Waals surface area contributed by atoms with E-state index >= 15 is 0 Å². The molecule has 24 nitrogen and oxygen atoms in total. The van der Waals surface area contributed by atoms with Gasteiger partial charge in [-0.15, -0.1) is 0 Å². The Bertz CT molecular complexity index is 2180. The zero-order valence-electron chi connectivity index (χ0n) is 45.3. The highest BCUT2D eigenvalue weighted by atomic mass is 16.8. The van der Waals surface area contributed by atoms with Crippen LogP contribution in [0.3, 0.4) is 0 Å². The van der Waals surface area contributed by atoms with Gasteiger partial charge in [-0.1, -0.05) is 32.0 Å². The van der Waals surface area contributed by atoms with Crippen molar-refractivity contribution >= 4 is 5.97 Å². The topological polar surface area (TPSA) is 361 Å². The minimum absolute atomic E-state index is 0.000315. The molecule has 1 aromatic carbocycles. The Morgan fingerprint density at radius 2 is 1.29 bits per heavy atom. The van der Waals surface area contributed by atoms with E-state index in [0.717, 1.165) is 0 Å². The predicted molar refractivity (Wildman–Crippen MR) is 264 cm³/mol. The van der Waals surface area contributed by atoms with E-state index in [-0.39, 0.29) is 44.1 Å². The average Bonchev–Trinajstić information content (AvgIpc) is 2.79. The highest BCUT2D eigenvalue weighted by Gasteiger charge is 2.81. The van der Waals surface area contributed by atoms with Crippen molar-refractivity contribution < 1.29 is 118 Å². The summed E-state index contributed by atoms with van der Waals surface area (Å²) in [4.78, 5) is 13.2. The lowest BCUT2D eigenvalue weighted by atomic mass is 9.40. The SMILES string of the molecule is COC1CC(OC2CCC3(C)C(CCC4(O)C3CC(O)C3(C)C(O)(C(C)OC(=O)c5ccccc5)CCC43O)C2)OC(C)C1OC1OC(C)C(OC2OC(COC3OC(CO)C(O)C(O)C3O)C(O)C(O)C2O)C(OC)C1O. The number of fused-ring (bicyclic) bond motifs is 5. The van der Waals surface area contributed by atoms with Gasteiger partial charge >= 0.3 is 5.97 Å². The summed E-state index contributed by atoms with van der Waals surface area (Å²) in [5.41, 5.74) is -7.27. The summed E-state index contributed by atoms with van der Waals surface area (Å²) in [5.74, 6) is -1.12. The molecule has 29 atom stereocenters. The number of benzene rings is 1. The Hall–Kier alpha value is -2.19. The average molecular weight is 1120 g/mol. The van der Waals surface area contributed by atoms with Crippen molar-refractivity contribution in [3.8, 4) is 0 Å². The normalized spacial score (nSPS) is 51.9. The summed E-state index contributed by atoms with van der Waals surface area (Å²) >= 11 is 0. The molecular formula is C54H84O24. The van der Waals surface area contributed by atoms with Crippen molar-refractivity contribution in [3.63, 3.8) is 0 Å². The maximum absolute atomic E-state index is 13.2. The molecule has 0 spiro atoms. The molecule has 4 saturated heterocycles. The number of esters is 1. The second kappa shape index (κ2) is 23.1. The number of ether oxygens (including phenoxy) is 11. The van der Waals surface area contributed by atoms with Gasteiger partial charge in [0.05, 0.1) is 60.3 Å². The van der Waals surface area contributed by atoms with Crippen LogP contribution in [0.4, 0.5) is 0 Å². The van der Waals surface area contributed by atoms with Crippen LogP contribution in [0.15, 0.2) is 30.3 Å². The van der Waals surface area contributed by atoms with Gasteiger partial charge in [0.25, 0.3) is 0 Å². The monoisotopic (exact) mass is 1120 g/mol. The number of carbonyl (C=O) groups excluding carboxylic acids is 1. The Morgan fingerprint density at radius 1 is 0.667 bits per heavy atom. The molecule has 29 unspecified atom stereocenters. The van der Waals surface area contributed by atoms with Gasteiger partial charge in [0.1, 0.15) is 90.6 Å². The Morgan fingerprint density at radius 3 is 1.96 bits per heavy atom. The van der Waals surface area contributed by atoms with Crippen LogP contribution in [0.25, 0.3) is 0 Å². The molecule has 444 valence electrons. The molecule has 8 aliphatic rings. The van der Waals surface area contributed by atoms with Crippen LogP contribution in [0.2, 0.25) is 0 Å². The summed E-state index contributed by atoms with van der Waals surface area (Å²) in [6, 6.07) is 8.40. The van der Waals surface area contributed by atoms with Crippen molar-refractivity contribution in [3.05, 3.63) is 35.9 Å². The second-order valence-corrected chi connectivity index (χ2v) is 23.8. The van der Waals surface area contributed by atoms with Gasteiger partial charge in [0.2, 0.25) is 0 Å². The van der Waals surface area contributed by atoms with Crippen molar-refractivity contribution in [2.45, 2.75) is 244 Å². The highest BCUT2D eigenvalue weighted by molar-refractivity contribution is 5.89. The molecular weight excluding hydrogens is 1030 g/mol. The molecule has 0 radical (unpaired) electrons. The first-order valence-corrected chi connectivity index (χ1v) is 27.6. The van der Waals surface area contributed by atoms with E-state index in [2.05, 4.69) is 6.92 Å². The second-order valence-electron chi connectivity index (χ2n) is 23.8. The van der Waals surface area contributed by atoms with Crippen LogP contribution in [-0.4, -0.2) is 247 Å². The molecule has 0 aromatic heterocycles. The van der Waals surface area contributed by atoms with Crippen molar-refractivity contribution in [2.75, 3.05) is 27.4 Å². The standard InChI is InChI=1S/C54H84O24/c1-24-43(77-49-42(63)45(69-7)44(25(2)72-49)78-48-41(62)39(60)37(58)32(76-48)23-70-47-40(61)38(59)36(57)31(22-55)75-47)30(68-6)20-35(71-24)74-29-14-15-50(4)28(19-29)13-16-53(66)33(50)21-34(56)51(5)52(65,17-18-54(51,53)67)26(3)73-46(64)27-11-9-8-10-12-27/h8-12,24-26,28-45,47-49,55-63,65-67H,13-23H2,1-7H3. The summed E-state index contributed by atoms with van der Waals surface area (Å²) in [7, 11) is 2.85. The molecule has 4 aliphatic carbocycles. The fourth-order valence-corrected chi connectivity index (χ4v) is 15.1. The molecule has 24 heteroatoms. The van der Waals surface area contributed by atoms with Gasteiger partial charge in [0.15, 0.2) is 25.2 Å². The van der Waals surface area contributed by atoms with Crippen molar-refractivity contribution in [1.82, 2.24) is 0 Å². The molecule has 0 bridgehead atoms. The third-order valence-corrected chi connectivity index (χ3v) is 20.0. The van der Waals surface area contributed by atoms with Gasteiger partial charge in [-0.3, -0.25) is 0 Å². The third-order valence-electron chi connectivity index (χ3n) is 20.0. The first kappa shape index (κ1) is 60.4. The van der Waals surface area contributed by atoms with Crippen LogP contribution in [0.1, 0.15) is 103 Å². The first-order chi connectivity index (χ1) is 36.8.